The molecule has 1 N–H and O–H groups in total. The molecule has 4 rings (SSSR count). The largest absolute Gasteiger partial charge is 0.467 e. The Morgan fingerprint density at radius 2 is 1.87 bits per heavy atom. The molecular weight excluding hydrogens is 411 g/mol. The fourth-order valence-corrected chi connectivity index (χ4v) is 3.36. The molecule has 160 valence electrons. The van der Waals surface area contributed by atoms with Crippen molar-refractivity contribution in [1.82, 2.24) is 15.0 Å². The van der Waals surface area contributed by atoms with Crippen molar-refractivity contribution in [1.29, 1.82) is 0 Å². The van der Waals surface area contributed by atoms with Gasteiger partial charge in [0.15, 0.2) is 5.82 Å². The van der Waals surface area contributed by atoms with Gasteiger partial charge in [-0.2, -0.15) is 0 Å². The zero-order valence-corrected chi connectivity index (χ0v) is 16.5. The van der Waals surface area contributed by atoms with Crippen LogP contribution in [0.4, 0.5) is 24.7 Å². The van der Waals surface area contributed by atoms with E-state index in [4.69, 9.17) is 4.74 Å². The Bertz CT molecular complexity index is 1110. The Morgan fingerprint density at radius 3 is 2.52 bits per heavy atom. The summed E-state index contributed by atoms with van der Waals surface area (Å²) in [6, 6.07) is 7.61. The van der Waals surface area contributed by atoms with E-state index in [1.165, 1.54) is 48.8 Å². The average molecular weight is 429 g/mol. The fraction of sp³-hybridized carbons (Fsp3) is 0.238. The molecule has 1 aliphatic heterocycles. The lowest BCUT2D eigenvalue weighted by Crippen LogP contribution is -2.27. The number of rotatable bonds is 5. The summed E-state index contributed by atoms with van der Waals surface area (Å²) in [5, 5.41) is 2.69. The van der Waals surface area contributed by atoms with Crippen molar-refractivity contribution in [2.45, 2.75) is 12.3 Å². The second-order valence-electron chi connectivity index (χ2n) is 6.98. The van der Waals surface area contributed by atoms with Crippen LogP contribution in [0.3, 0.4) is 0 Å². The number of nitrogens with one attached hydrogen (secondary N) is 1. The van der Waals surface area contributed by atoms with Gasteiger partial charge >= 0.3 is 6.01 Å². The number of amides is 1. The van der Waals surface area contributed by atoms with Gasteiger partial charge in [-0.15, -0.1) is 0 Å². The molecule has 3 aromatic rings. The number of alkyl halides is 2. The van der Waals surface area contributed by atoms with E-state index in [1.807, 2.05) is 0 Å². The molecule has 1 fully saturated rings. The van der Waals surface area contributed by atoms with E-state index in [1.54, 1.807) is 12.1 Å². The van der Waals surface area contributed by atoms with Crippen LogP contribution in [0.1, 0.15) is 16.8 Å². The van der Waals surface area contributed by atoms with Gasteiger partial charge in [-0.25, -0.2) is 28.1 Å². The molecule has 1 aliphatic rings. The summed E-state index contributed by atoms with van der Waals surface area (Å²) in [6.07, 6.45) is 3.60. The third-order valence-electron chi connectivity index (χ3n) is 4.88. The van der Waals surface area contributed by atoms with Crippen molar-refractivity contribution < 1.29 is 22.7 Å². The van der Waals surface area contributed by atoms with Crippen LogP contribution in [-0.4, -0.2) is 47.0 Å². The molecule has 0 spiro atoms. The average Bonchev–Trinajstić information content (AvgIpc) is 3.14. The highest BCUT2D eigenvalue weighted by atomic mass is 19.3. The lowest BCUT2D eigenvalue weighted by atomic mass is 10.0. The number of methoxy groups -OCH3 is 1. The van der Waals surface area contributed by atoms with Crippen molar-refractivity contribution in [3.8, 4) is 17.1 Å². The van der Waals surface area contributed by atoms with Crippen molar-refractivity contribution in [3.05, 3.63) is 60.3 Å². The van der Waals surface area contributed by atoms with Crippen molar-refractivity contribution in [3.63, 3.8) is 0 Å². The van der Waals surface area contributed by atoms with E-state index < -0.39 is 24.2 Å². The molecule has 10 heteroatoms. The molecule has 0 atom stereocenters. The van der Waals surface area contributed by atoms with Crippen LogP contribution in [0, 0.1) is 5.82 Å². The van der Waals surface area contributed by atoms with Crippen LogP contribution in [0.15, 0.2) is 48.9 Å². The first-order chi connectivity index (χ1) is 14.9. The lowest BCUT2D eigenvalue weighted by Gasteiger charge is -2.23. The van der Waals surface area contributed by atoms with E-state index in [-0.39, 0.29) is 41.6 Å². The molecule has 1 amide bonds. The Labute approximate surface area is 175 Å². The lowest BCUT2D eigenvalue weighted by molar-refractivity contribution is 0.0257. The summed E-state index contributed by atoms with van der Waals surface area (Å²) in [6.45, 7) is -0.496. The second-order valence-corrected chi connectivity index (χ2v) is 6.98. The molecule has 2 aromatic heterocycles. The monoisotopic (exact) mass is 429 g/mol. The molecule has 1 saturated heterocycles. The normalized spacial score (nSPS) is 15.0. The standard InChI is InChI=1S/C21H18F3N5O2/c1-31-20-26-10-13(11-27-20)19(30)28-17-15(14-4-2-3-5-16(14)22)6-8-25-18(17)29-9-7-21(23,24)12-29/h2-6,8,10-11H,7,9,12H2,1H3,(H,28,30). The van der Waals surface area contributed by atoms with Gasteiger partial charge < -0.3 is 15.0 Å². The van der Waals surface area contributed by atoms with Crippen LogP contribution < -0.4 is 15.0 Å². The molecule has 7 nitrogen and oxygen atoms in total. The summed E-state index contributed by atoms with van der Waals surface area (Å²) < 4.78 is 47.1. The predicted octanol–water partition coefficient (Wildman–Crippen LogP) is 3.78. The Morgan fingerprint density at radius 1 is 1.13 bits per heavy atom. The predicted molar refractivity (Wildman–Crippen MR) is 108 cm³/mol. The molecule has 0 saturated carbocycles. The van der Waals surface area contributed by atoms with Crippen molar-refractivity contribution in [2.75, 3.05) is 30.4 Å². The van der Waals surface area contributed by atoms with Crippen molar-refractivity contribution in [2.24, 2.45) is 0 Å². The number of pyridine rings is 1. The minimum absolute atomic E-state index is 0.0508. The van der Waals surface area contributed by atoms with Crippen LogP contribution in [0.5, 0.6) is 6.01 Å². The van der Waals surface area contributed by atoms with Crippen LogP contribution in [-0.2, 0) is 0 Å². The van der Waals surface area contributed by atoms with Gasteiger partial charge in [-0.1, -0.05) is 18.2 Å². The van der Waals surface area contributed by atoms with Gasteiger partial charge in [0.1, 0.15) is 5.82 Å². The number of aromatic nitrogens is 3. The second kappa shape index (κ2) is 8.21. The number of halogens is 3. The Balaban J connectivity index is 1.77. The number of anilines is 2. The number of carbonyl (C=O) groups excluding carboxylic acids is 1. The SMILES string of the molecule is COc1ncc(C(=O)Nc2c(-c3ccccc3F)ccnc2N2CCC(F)(F)C2)cn1. The maximum absolute atomic E-state index is 14.5. The Kier molecular flexibility index (Phi) is 5.45. The number of hydrogen-bond donors (Lipinski definition) is 1. The smallest absolute Gasteiger partial charge is 0.316 e. The third kappa shape index (κ3) is 4.27. The summed E-state index contributed by atoms with van der Waals surface area (Å²) >= 11 is 0. The molecular formula is C21H18F3N5O2. The Hall–Kier alpha value is -3.69. The zero-order chi connectivity index (χ0) is 22.0. The number of benzene rings is 1. The van der Waals surface area contributed by atoms with Crippen LogP contribution in [0.2, 0.25) is 0 Å². The molecule has 31 heavy (non-hydrogen) atoms. The molecule has 1 aromatic carbocycles. The molecule has 0 aliphatic carbocycles. The van der Waals surface area contributed by atoms with E-state index >= 15 is 0 Å². The maximum atomic E-state index is 14.5. The molecule has 3 heterocycles. The highest BCUT2D eigenvalue weighted by Gasteiger charge is 2.40. The molecule has 0 radical (unpaired) electrons. The number of nitrogens with zero attached hydrogens (tertiary/aromatic N) is 4. The van der Waals surface area contributed by atoms with Gasteiger partial charge in [0.2, 0.25) is 0 Å². The highest BCUT2D eigenvalue weighted by Crippen LogP contribution is 2.39. The summed E-state index contributed by atoms with van der Waals surface area (Å²) in [4.78, 5) is 26.2. The summed E-state index contributed by atoms with van der Waals surface area (Å²) in [5.41, 5.74) is 0.771. The third-order valence-corrected chi connectivity index (χ3v) is 4.88. The first-order valence-electron chi connectivity index (χ1n) is 9.42. The number of hydrogen-bond acceptors (Lipinski definition) is 6. The maximum Gasteiger partial charge on any atom is 0.316 e. The minimum Gasteiger partial charge on any atom is -0.467 e. The topological polar surface area (TPSA) is 80.2 Å². The van der Waals surface area contributed by atoms with E-state index in [2.05, 4.69) is 20.3 Å². The number of carbonyl (C=O) groups is 1. The quantitative estimate of drug-likeness (QED) is 0.665. The minimum atomic E-state index is -2.87. The van der Waals surface area contributed by atoms with E-state index in [0.29, 0.717) is 5.56 Å². The fourth-order valence-electron chi connectivity index (χ4n) is 3.36. The van der Waals surface area contributed by atoms with Gasteiger partial charge in [0.25, 0.3) is 11.8 Å². The first kappa shape index (κ1) is 20.6. The van der Waals surface area contributed by atoms with Gasteiger partial charge in [-0.3, -0.25) is 4.79 Å². The van der Waals surface area contributed by atoms with Gasteiger partial charge in [0.05, 0.1) is 24.9 Å². The van der Waals surface area contributed by atoms with Gasteiger partial charge in [0, 0.05) is 42.7 Å². The van der Waals surface area contributed by atoms with Crippen LogP contribution in [0.25, 0.3) is 11.1 Å². The summed E-state index contributed by atoms with van der Waals surface area (Å²) in [5.74, 6) is -3.85. The molecule has 0 unspecified atom stereocenters. The number of ether oxygens (including phenoxy) is 1. The van der Waals surface area contributed by atoms with E-state index in [9.17, 15) is 18.0 Å². The summed E-state index contributed by atoms with van der Waals surface area (Å²) in [7, 11) is 1.39. The first-order valence-corrected chi connectivity index (χ1v) is 9.42. The molecule has 0 bridgehead atoms. The highest BCUT2D eigenvalue weighted by molar-refractivity contribution is 6.08. The zero-order valence-electron chi connectivity index (χ0n) is 16.5. The van der Waals surface area contributed by atoms with Crippen LogP contribution >= 0.6 is 0 Å². The van der Waals surface area contributed by atoms with Crippen molar-refractivity contribution >= 4 is 17.4 Å². The van der Waals surface area contributed by atoms with E-state index in [0.717, 1.165) is 0 Å². The van der Waals surface area contributed by atoms with Gasteiger partial charge in [-0.05, 0) is 12.1 Å².